The molecule has 0 saturated carbocycles. The number of carbonyl (C=O) groups is 1. The van der Waals surface area contributed by atoms with Crippen LogP contribution in [0.1, 0.15) is 37.6 Å². The predicted molar refractivity (Wildman–Crippen MR) is 120 cm³/mol. The summed E-state index contributed by atoms with van der Waals surface area (Å²) in [4.78, 5) is 25.9. The maximum Gasteiger partial charge on any atom is 0.262 e. The molecule has 1 atom stereocenters. The number of fused-ring (bicyclic) bond motifs is 3. The third kappa shape index (κ3) is 4.12. The van der Waals surface area contributed by atoms with E-state index in [-0.39, 0.29) is 17.2 Å². The van der Waals surface area contributed by atoms with E-state index in [2.05, 4.69) is 24.0 Å². The van der Waals surface area contributed by atoms with Gasteiger partial charge in [-0.25, -0.2) is 4.39 Å². The van der Waals surface area contributed by atoms with Crippen LogP contribution in [-0.4, -0.2) is 30.2 Å². The second-order valence-corrected chi connectivity index (χ2v) is 9.21. The summed E-state index contributed by atoms with van der Waals surface area (Å²) in [6.07, 6.45) is 0.836. The lowest BCUT2D eigenvalue weighted by molar-refractivity contribution is 0.0994. The Labute approximate surface area is 183 Å². The van der Waals surface area contributed by atoms with Crippen molar-refractivity contribution in [3.8, 4) is 0 Å². The van der Waals surface area contributed by atoms with Crippen molar-refractivity contribution >= 4 is 34.2 Å². The Hall–Kier alpha value is -3.00. The largest absolute Gasteiger partial charge is 0.293 e. The van der Waals surface area contributed by atoms with Crippen LogP contribution in [0.5, 0.6) is 0 Å². The molecule has 0 radical (unpaired) electrons. The molecule has 0 saturated heterocycles. The molecule has 0 fully saturated rings. The fraction of sp³-hybridized carbons (Fsp3) is 0.304. The topological polar surface area (TPSA) is 69.3 Å². The highest BCUT2D eigenvalue weighted by molar-refractivity contribution is 8.00. The fourth-order valence-corrected chi connectivity index (χ4v) is 4.39. The molecule has 2 heterocycles. The zero-order valence-electron chi connectivity index (χ0n) is 17.6. The Kier molecular flexibility index (Phi) is 5.91. The van der Waals surface area contributed by atoms with Crippen molar-refractivity contribution in [2.45, 2.75) is 44.1 Å². The molecule has 2 aromatic carbocycles. The lowest BCUT2D eigenvalue weighted by Gasteiger charge is -2.13. The van der Waals surface area contributed by atoms with Crippen LogP contribution in [-0.2, 0) is 6.54 Å². The number of carbonyl (C=O) groups excluding carboxylic acids is 1. The first-order valence-electron chi connectivity index (χ1n) is 10.2. The number of aromatic nitrogens is 4. The number of hydrogen-bond donors (Lipinski definition) is 0. The van der Waals surface area contributed by atoms with Crippen LogP contribution in [0, 0.1) is 11.7 Å². The third-order valence-corrected chi connectivity index (χ3v) is 6.23. The second kappa shape index (κ2) is 8.63. The SMILES string of the molecule is CC(C)CCn1c(=O)c2ccccc2n2c(SC(C)C(=O)c3ccc(F)cc3)nnc12. The highest BCUT2D eigenvalue weighted by atomic mass is 32.2. The lowest BCUT2D eigenvalue weighted by Crippen LogP contribution is -2.24. The van der Waals surface area contributed by atoms with E-state index >= 15 is 0 Å². The van der Waals surface area contributed by atoms with Crippen molar-refractivity contribution in [1.82, 2.24) is 19.2 Å². The zero-order chi connectivity index (χ0) is 22.1. The molecule has 4 aromatic rings. The van der Waals surface area contributed by atoms with Gasteiger partial charge in [0.2, 0.25) is 5.78 Å². The Bertz CT molecular complexity index is 1310. The molecule has 6 nitrogen and oxygen atoms in total. The van der Waals surface area contributed by atoms with Crippen LogP contribution >= 0.6 is 11.8 Å². The van der Waals surface area contributed by atoms with Crippen LogP contribution in [0.4, 0.5) is 4.39 Å². The molecule has 31 heavy (non-hydrogen) atoms. The molecule has 0 bridgehead atoms. The van der Waals surface area contributed by atoms with Gasteiger partial charge in [0.1, 0.15) is 5.82 Å². The number of nitrogens with zero attached hydrogens (tertiary/aromatic N) is 4. The van der Waals surface area contributed by atoms with E-state index in [0.717, 1.165) is 6.42 Å². The molecular weight excluding hydrogens is 415 g/mol. The summed E-state index contributed by atoms with van der Waals surface area (Å²) in [5, 5.41) is 9.26. The van der Waals surface area contributed by atoms with E-state index < -0.39 is 5.25 Å². The number of thioether (sulfide) groups is 1. The van der Waals surface area contributed by atoms with E-state index in [1.54, 1.807) is 17.6 Å². The number of ketones is 1. The Morgan fingerprint density at radius 2 is 1.77 bits per heavy atom. The second-order valence-electron chi connectivity index (χ2n) is 7.91. The molecule has 4 rings (SSSR count). The van der Waals surface area contributed by atoms with Gasteiger partial charge >= 0.3 is 0 Å². The third-order valence-electron chi connectivity index (χ3n) is 5.19. The van der Waals surface area contributed by atoms with Gasteiger partial charge in [-0.05, 0) is 55.7 Å². The monoisotopic (exact) mass is 438 g/mol. The van der Waals surface area contributed by atoms with Crippen molar-refractivity contribution in [2.75, 3.05) is 0 Å². The van der Waals surface area contributed by atoms with Crippen LogP contribution in [0.25, 0.3) is 16.7 Å². The highest BCUT2D eigenvalue weighted by Crippen LogP contribution is 2.27. The number of halogens is 1. The maximum absolute atomic E-state index is 13.2. The van der Waals surface area contributed by atoms with Gasteiger partial charge in [-0.1, -0.05) is 37.7 Å². The van der Waals surface area contributed by atoms with Gasteiger partial charge in [-0.3, -0.25) is 18.6 Å². The minimum absolute atomic E-state index is 0.0943. The zero-order valence-corrected chi connectivity index (χ0v) is 18.4. The molecule has 0 spiro atoms. The van der Waals surface area contributed by atoms with Gasteiger partial charge in [0, 0.05) is 12.1 Å². The smallest absolute Gasteiger partial charge is 0.262 e. The van der Waals surface area contributed by atoms with Crippen LogP contribution in [0.15, 0.2) is 58.5 Å². The molecule has 0 aliphatic rings. The van der Waals surface area contributed by atoms with Crippen molar-refractivity contribution in [2.24, 2.45) is 5.92 Å². The van der Waals surface area contributed by atoms with Gasteiger partial charge in [0.05, 0.1) is 16.2 Å². The van der Waals surface area contributed by atoms with Gasteiger partial charge in [-0.2, -0.15) is 0 Å². The number of Topliss-reactive ketones (excluding diaryl/α,β-unsaturated/α-hetero) is 1. The molecule has 160 valence electrons. The van der Waals surface area contributed by atoms with Gasteiger partial charge in [0.15, 0.2) is 10.9 Å². The van der Waals surface area contributed by atoms with E-state index in [1.165, 1.54) is 36.0 Å². The number of aryl methyl sites for hydroxylation is 1. The highest BCUT2D eigenvalue weighted by Gasteiger charge is 2.22. The molecule has 0 aliphatic carbocycles. The van der Waals surface area contributed by atoms with E-state index in [1.807, 2.05) is 22.6 Å². The average molecular weight is 439 g/mol. The Morgan fingerprint density at radius 3 is 2.48 bits per heavy atom. The predicted octanol–water partition coefficient (Wildman–Crippen LogP) is 4.59. The maximum atomic E-state index is 13.2. The summed E-state index contributed by atoms with van der Waals surface area (Å²) >= 11 is 1.27. The Morgan fingerprint density at radius 1 is 1.06 bits per heavy atom. The molecular formula is C23H23FN4O2S. The fourth-order valence-electron chi connectivity index (χ4n) is 3.46. The summed E-state index contributed by atoms with van der Waals surface area (Å²) in [5.41, 5.74) is 1.05. The first-order valence-corrected chi connectivity index (χ1v) is 11.1. The first-order chi connectivity index (χ1) is 14.9. The Balaban J connectivity index is 1.77. The van der Waals surface area contributed by atoms with Crippen LogP contribution in [0.3, 0.4) is 0 Å². The normalized spacial score (nSPS) is 12.7. The number of rotatable bonds is 7. The molecule has 2 aromatic heterocycles. The van der Waals surface area contributed by atoms with E-state index in [9.17, 15) is 14.0 Å². The number of benzene rings is 2. The van der Waals surface area contributed by atoms with Crippen molar-refractivity contribution in [3.05, 3.63) is 70.3 Å². The standard InChI is InChI=1S/C23H23FN4O2S/c1-14(2)12-13-27-21(30)18-6-4-5-7-19(18)28-22(27)25-26-23(28)31-15(3)20(29)16-8-10-17(24)11-9-16/h4-11,14-15H,12-13H2,1-3H3. The van der Waals surface area contributed by atoms with Crippen molar-refractivity contribution in [1.29, 1.82) is 0 Å². The lowest BCUT2D eigenvalue weighted by atomic mass is 10.1. The van der Waals surface area contributed by atoms with E-state index in [0.29, 0.717) is 39.9 Å². The number of hydrogen-bond acceptors (Lipinski definition) is 5. The van der Waals surface area contributed by atoms with Crippen LogP contribution < -0.4 is 5.56 Å². The molecule has 8 heteroatoms. The van der Waals surface area contributed by atoms with Crippen LogP contribution in [0.2, 0.25) is 0 Å². The van der Waals surface area contributed by atoms with Crippen molar-refractivity contribution in [3.63, 3.8) is 0 Å². The molecule has 0 amide bonds. The molecule has 1 unspecified atom stereocenters. The van der Waals surface area contributed by atoms with Crippen molar-refractivity contribution < 1.29 is 9.18 Å². The summed E-state index contributed by atoms with van der Waals surface area (Å²) < 4.78 is 16.7. The molecule has 0 N–H and O–H groups in total. The number of para-hydroxylation sites is 1. The minimum atomic E-state index is -0.465. The van der Waals surface area contributed by atoms with Gasteiger partial charge in [0.25, 0.3) is 5.56 Å². The quantitative estimate of drug-likeness (QED) is 0.312. The first kappa shape index (κ1) is 21.2. The average Bonchev–Trinajstić information content (AvgIpc) is 3.17. The summed E-state index contributed by atoms with van der Waals surface area (Å²) in [6, 6.07) is 12.9. The van der Waals surface area contributed by atoms with E-state index in [4.69, 9.17) is 0 Å². The summed E-state index contributed by atoms with van der Waals surface area (Å²) in [5.74, 6) is 0.391. The molecule has 0 aliphatic heterocycles. The summed E-state index contributed by atoms with van der Waals surface area (Å²) in [6.45, 7) is 6.54. The van der Waals surface area contributed by atoms with Gasteiger partial charge < -0.3 is 0 Å². The minimum Gasteiger partial charge on any atom is -0.293 e. The van der Waals surface area contributed by atoms with Gasteiger partial charge in [-0.15, -0.1) is 10.2 Å². The summed E-state index contributed by atoms with van der Waals surface area (Å²) in [7, 11) is 0.